The molecule has 2 atom stereocenters. The number of aliphatic hydroxyl groups is 1. The summed E-state index contributed by atoms with van der Waals surface area (Å²) in [6, 6.07) is 13.7. The first-order valence-corrected chi connectivity index (χ1v) is 18.5. The van der Waals surface area contributed by atoms with Crippen molar-refractivity contribution in [3.63, 3.8) is 0 Å². The topological polar surface area (TPSA) is 117 Å². The number of amides is 2. The fourth-order valence-electron chi connectivity index (χ4n) is 6.28. The number of primary amides is 1. The van der Waals surface area contributed by atoms with Crippen molar-refractivity contribution in [2.24, 2.45) is 5.73 Å². The summed E-state index contributed by atoms with van der Waals surface area (Å²) in [6.07, 6.45) is 7.02. The number of nitrogens with zero attached hydrogens (tertiary/aromatic N) is 4. The Hall–Kier alpha value is -3.56. The van der Waals surface area contributed by atoms with Gasteiger partial charge in [-0.1, -0.05) is 59.9 Å². The number of hydrogen-bond donors (Lipinski definition) is 3. The predicted octanol–water partition coefficient (Wildman–Crippen LogP) is 3.97. The van der Waals surface area contributed by atoms with Gasteiger partial charge in [-0.3, -0.25) is 19.2 Å². The number of thioether (sulfide) groups is 1. The number of rotatable bonds is 9. The number of benzene rings is 2. The van der Waals surface area contributed by atoms with E-state index in [2.05, 4.69) is 46.3 Å². The molecule has 3 heterocycles. The monoisotopic (exact) mass is 718 g/mol. The lowest BCUT2D eigenvalue weighted by atomic mass is 9.99. The number of allylic oxidation sites excluding steroid dienone is 2. The molecule has 12 heteroatoms. The Morgan fingerprint density at radius 3 is 2.61 bits per heavy atom. The quantitative estimate of drug-likeness (QED) is 0.174. The molecule has 1 fully saturated rings. The summed E-state index contributed by atoms with van der Waals surface area (Å²) in [5.74, 6) is 6.88. The number of aromatic nitrogens is 2. The number of alkyl halides is 1. The van der Waals surface area contributed by atoms with E-state index < -0.39 is 17.9 Å². The zero-order valence-corrected chi connectivity index (χ0v) is 29.5. The minimum absolute atomic E-state index is 0.0877. The zero-order chi connectivity index (χ0) is 34.3. The summed E-state index contributed by atoms with van der Waals surface area (Å²) in [7, 11) is 0. The molecule has 2 aromatic carbocycles. The first-order valence-electron chi connectivity index (χ1n) is 16.5. The van der Waals surface area contributed by atoms with Gasteiger partial charge in [0.2, 0.25) is 0 Å². The average Bonchev–Trinajstić information content (AvgIpc) is 3.46. The van der Waals surface area contributed by atoms with Crippen LogP contribution < -0.4 is 11.1 Å². The summed E-state index contributed by atoms with van der Waals surface area (Å²) >= 11 is 14.7. The normalized spacial score (nSPS) is 18.3. The van der Waals surface area contributed by atoms with Crippen molar-refractivity contribution in [1.82, 2.24) is 24.9 Å². The lowest BCUT2D eigenvalue weighted by Crippen LogP contribution is -2.43. The van der Waals surface area contributed by atoms with Crippen molar-refractivity contribution in [1.29, 1.82) is 0 Å². The highest BCUT2D eigenvalue weighted by Gasteiger charge is 2.31. The van der Waals surface area contributed by atoms with E-state index in [9.17, 15) is 14.7 Å². The van der Waals surface area contributed by atoms with E-state index in [1.165, 1.54) is 10.5 Å². The minimum Gasteiger partial charge on any atom is -0.390 e. The van der Waals surface area contributed by atoms with Gasteiger partial charge in [0.1, 0.15) is 0 Å². The van der Waals surface area contributed by atoms with Crippen LogP contribution in [-0.2, 0) is 35.6 Å². The van der Waals surface area contributed by atoms with Crippen LogP contribution in [0.2, 0.25) is 5.02 Å². The average molecular weight is 720 g/mol. The maximum atomic E-state index is 12.6. The molecule has 1 unspecified atom stereocenters. The van der Waals surface area contributed by atoms with Crippen molar-refractivity contribution in [3.8, 4) is 23.1 Å². The van der Waals surface area contributed by atoms with Crippen LogP contribution in [0.5, 0.6) is 0 Å². The van der Waals surface area contributed by atoms with Gasteiger partial charge >= 0.3 is 11.8 Å². The Labute approximate surface area is 301 Å². The Kier molecular flexibility index (Phi) is 11.8. The van der Waals surface area contributed by atoms with Crippen molar-refractivity contribution in [3.05, 3.63) is 99.2 Å². The number of aliphatic hydroxyl groups excluding tert-OH is 1. The molecule has 1 saturated heterocycles. The third kappa shape index (κ3) is 9.17. The van der Waals surface area contributed by atoms with Crippen LogP contribution in [-0.4, -0.2) is 92.2 Å². The van der Waals surface area contributed by atoms with Gasteiger partial charge in [-0.05, 0) is 41.8 Å². The predicted molar refractivity (Wildman–Crippen MR) is 196 cm³/mol. The lowest BCUT2D eigenvalue weighted by Gasteiger charge is -2.29. The molecule has 256 valence electrons. The number of halogens is 2. The smallest absolute Gasteiger partial charge is 0.311 e. The molecule has 1 aliphatic carbocycles. The number of hydrogen-bond acceptors (Lipinski definition) is 7. The number of nitrogens with two attached hydrogens (primary N) is 1. The second kappa shape index (κ2) is 16.4. The highest BCUT2D eigenvalue weighted by atomic mass is 35.5. The van der Waals surface area contributed by atoms with Gasteiger partial charge in [-0.2, -0.15) is 16.9 Å². The maximum Gasteiger partial charge on any atom is 0.311 e. The fraction of sp³-hybridized carbons (Fsp3) is 0.378. The van der Waals surface area contributed by atoms with Gasteiger partial charge < -0.3 is 21.1 Å². The summed E-state index contributed by atoms with van der Waals surface area (Å²) in [6.45, 7) is 4.87. The SMILES string of the molecule is NC(=O)C(=O)N1CCc2c(c(-c3ccc(Cl)c(C#Cc4ccc(CNCC5=CCC(Cl)C=C5)cc4)c3)nn2C[C@H](O)CN2CCSCC2)C1. The third-order valence-corrected chi connectivity index (χ3v) is 10.5. The van der Waals surface area contributed by atoms with Crippen molar-refractivity contribution >= 4 is 46.8 Å². The van der Waals surface area contributed by atoms with Gasteiger partial charge in [0.15, 0.2) is 0 Å². The van der Waals surface area contributed by atoms with Crippen molar-refractivity contribution < 1.29 is 14.7 Å². The Morgan fingerprint density at radius 1 is 1.08 bits per heavy atom. The summed E-state index contributed by atoms with van der Waals surface area (Å²) in [4.78, 5) is 28.0. The molecule has 0 saturated carbocycles. The van der Waals surface area contributed by atoms with Crippen LogP contribution in [0, 0.1) is 11.8 Å². The Balaban J connectivity index is 1.19. The number of fused-ring (bicyclic) bond motifs is 1. The first kappa shape index (κ1) is 35.3. The lowest BCUT2D eigenvalue weighted by molar-refractivity contribution is -0.144. The summed E-state index contributed by atoms with van der Waals surface area (Å²) in [5.41, 5.74) is 12.5. The molecule has 2 amide bonds. The molecule has 0 bridgehead atoms. The van der Waals surface area contributed by atoms with Gasteiger partial charge in [0, 0.05) is 85.1 Å². The molecule has 9 nitrogen and oxygen atoms in total. The van der Waals surface area contributed by atoms with Gasteiger partial charge in [-0.25, -0.2) is 0 Å². The van der Waals surface area contributed by atoms with Crippen molar-refractivity contribution in [2.75, 3.05) is 44.2 Å². The number of carbonyl (C=O) groups excluding carboxylic acids is 2. The van der Waals surface area contributed by atoms with E-state index in [0.717, 1.165) is 72.1 Å². The van der Waals surface area contributed by atoms with Crippen LogP contribution in [0.25, 0.3) is 11.3 Å². The molecular formula is C37H40Cl2N6O3S. The van der Waals surface area contributed by atoms with Crippen LogP contribution in [0.3, 0.4) is 0 Å². The van der Waals surface area contributed by atoms with E-state index in [1.807, 2.05) is 46.8 Å². The van der Waals surface area contributed by atoms with E-state index >= 15 is 0 Å². The van der Waals surface area contributed by atoms with Crippen LogP contribution in [0.15, 0.2) is 66.3 Å². The highest BCUT2D eigenvalue weighted by molar-refractivity contribution is 7.99. The summed E-state index contributed by atoms with van der Waals surface area (Å²) < 4.78 is 1.86. The minimum atomic E-state index is -0.985. The molecule has 3 aliphatic rings. The van der Waals surface area contributed by atoms with E-state index in [-0.39, 0.29) is 11.9 Å². The van der Waals surface area contributed by atoms with E-state index in [0.29, 0.717) is 42.3 Å². The van der Waals surface area contributed by atoms with Crippen LogP contribution >= 0.6 is 35.0 Å². The highest BCUT2D eigenvalue weighted by Crippen LogP contribution is 2.32. The van der Waals surface area contributed by atoms with E-state index in [4.69, 9.17) is 34.0 Å². The zero-order valence-electron chi connectivity index (χ0n) is 27.2. The summed E-state index contributed by atoms with van der Waals surface area (Å²) in [5, 5.41) is 20.1. The van der Waals surface area contributed by atoms with Crippen molar-refractivity contribution in [2.45, 2.75) is 44.0 Å². The van der Waals surface area contributed by atoms with Gasteiger partial charge in [-0.15, -0.1) is 11.6 Å². The standard InChI is InChI=1S/C37H40Cl2N6O3S/c38-30-10-6-27(7-11-30)21-41-20-26-3-1-25(2-4-26)5-8-28-19-29(9-12-33(28)39)35-32-24-44(37(48)36(40)47)14-13-34(32)45(42-35)23-31(46)22-43-15-17-49-18-16-43/h1-4,6-7,9-10,12,19,30-31,41,46H,11,13-18,20-24H2,(H2,40,47)/t30?,31-/m1/s1. The maximum absolute atomic E-state index is 12.6. The van der Waals surface area contributed by atoms with Crippen LogP contribution in [0.4, 0.5) is 0 Å². The molecular weight excluding hydrogens is 679 g/mol. The number of carbonyl (C=O) groups is 2. The molecule has 0 radical (unpaired) electrons. The molecule has 1 aromatic heterocycles. The second-order valence-electron chi connectivity index (χ2n) is 12.5. The second-order valence-corrected chi connectivity index (χ2v) is 14.7. The number of nitrogens with one attached hydrogen (secondary N) is 1. The molecule has 6 rings (SSSR count). The van der Waals surface area contributed by atoms with Crippen LogP contribution in [0.1, 0.15) is 34.4 Å². The van der Waals surface area contributed by atoms with Gasteiger partial charge in [0.25, 0.3) is 0 Å². The third-order valence-electron chi connectivity index (χ3n) is 8.91. The molecule has 49 heavy (non-hydrogen) atoms. The molecule has 0 spiro atoms. The van der Waals surface area contributed by atoms with E-state index in [1.54, 1.807) is 6.07 Å². The molecule has 3 aromatic rings. The fourth-order valence-corrected chi connectivity index (χ4v) is 7.58. The largest absolute Gasteiger partial charge is 0.390 e. The Bertz CT molecular complexity index is 1810. The van der Waals surface area contributed by atoms with Gasteiger partial charge in [0.05, 0.1) is 35.3 Å². The molecule has 4 N–H and O–H groups in total. The number of β-amino-alcohol motifs (C(OH)–C–C–N with tert-alkyl or cyclic N) is 1. The molecule has 2 aliphatic heterocycles. The Morgan fingerprint density at radius 2 is 1.88 bits per heavy atom. The first-order chi connectivity index (χ1) is 23.7.